The summed E-state index contributed by atoms with van der Waals surface area (Å²) in [5, 5.41) is 1.15. The van der Waals surface area contributed by atoms with E-state index in [1.54, 1.807) is 18.4 Å². The van der Waals surface area contributed by atoms with Crippen molar-refractivity contribution in [2.45, 2.75) is 13.5 Å². The first-order valence-electron chi connectivity index (χ1n) is 8.18. The average Bonchev–Trinajstić information content (AvgIpc) is 3.29. The topological polar surface area (TPSA) is 46.3 Å². The first-order chi connectivity index (χ1) is 13.0. The van der Waals surface area contributed by atoms with Gasteiger partial charge in [0.2, 0.25) is 0 Å². The minimum absolute atomic E-state index is 0.218. The lowest BCUT2D eigenvalue weighted by molar-refractivity contribution is 0.0983. The van der Waals surface area contributed by atoms with Crippen LogP contribution in [0.3, 0.4) is 0 Å². The van der Waals surface area contributed by atoms with E-state index < -0.39 is 5.82 Å². The smallest absolute Gasteiger partial charge is 0.260 e. The molecule has 0 saturated carbocycles. The van der Waals surface area contributed by atoms with Gasteiger partial charge in [-0.25, -0.2) is 9.37 Å². The molecule has 7 heteroatoms. The van der Waals surface area contributed by atoms with Crippen LogP contribution in [0.4, 0.5) is 9.52 Å². The zero-order valence-electron chi connectivity index (χ0n) is 14.3. The second-order valence-electron chi connectivity index (χ2n) is 6.04. The number of rotatable bonds is 4. The van der Waals surface area contributed by atoms with Crippen LogP contribution in [0.5, 0.6) is 0 Å². The molecule has 0 aliphatic heterocycles. The van der Waals surface area contributed by atoms with Crippen molar-refractivity contribution in [3.63, 3.8) is 0 Å². The molecule has 4 rings (SSSR count). The number of amides is 1. The molecule has 0 spiro atoms. The van der Waals surface area contributed by atoms with Crippen molar-refractivity contribution in [1.82, 2.24) is 4.98 Å². The summed E-state index contributed by atoms with van der Waals surface area (Å²) in [6.07, 6.45) is 1.55. The van der Waals surface area contributed by atoms with E-state index in [4.69, 9.17) is 16.0 Å². The molecule has 27 heavy (non-hydrogen) atoms. The quantitative estimate of drug-likeness (QED) is 0.432. The van der Waals surface area contributed by atoms with E-state index in [0.717, 1.165) is 15.8 Å². The number of anilines is 1. The predicted molar refractivity (Wildman–Crippen MR) is 105 cm³/mol. The van der Waals surface area contributed by atoms with Crippen LogP contribution in [-0.2, 0) is 6.54 Å². The second-order valence-corrected chi connectivity index (χ2v) is 7.49. The number of furan rings is 1. The van der Waals surface area contributed by atoms with Crippen LogP contribution in [0, 0.1) is 12.7 Å². The van der Waals surface area contributed by atoms with Crippen molar-refractivity contribution in [1.29, 1.82) is 0 Å². The average molecular weight is 401 g/mol. The van der Waals surface area contributed by atoms with Gasteiger partial charge in [0, 0.05) is 10.6 Å². The summed E-state index contributed by atoms with van der Waals surface area (Å²) in [5.74, 6) is -0.0527. The van der Waals surface area contributed by atoms with Gasteiger partial charge in [0.05, 0.1) is 23.0 Å². The summed E-state index contributed by atoms with van der Waals surface area (Å²) in [6, 6.07) is 12.7. The third kappa shape index (κ3) is 3.59. The third-order valence-corrected chi connectivity index (χ3v) is 5.34. The molecule has 4 aromatic rings. The summed E-state index contributed by atoms with van der Waals surface area (Å²) >= 11 is 7.52. The number of carbonyl (C=O) groups is 1. The molecule has 0 aliphatic carbocycles. The molecule has 0 atom stereocenters. The van der Waals surface area contributed by atoms with Crippen molar-refractivity contribution in [2.75, 3.05) is 4.90 Å². The Morgan fingerprint density at radius 2 is 2.04 bits per heavy atom. The van der Waals surface area contributed by atoms with Gasteiger partial charge < -0.3 is 4.42 Å². The van der Waals surface area contributed by atoms with E-state index in [-0.39, 0.29) is 12.5 Å². The van der Waals surface area contributed by atoms with Crippen molar-refractivity contribution in [3.05, 3.63) is 82.5 Å². The van der Waals surface area contributed by atoms with Gasteiger partial charge in [0.1, 0.15) is 11.6 Å². The largest absolute Gasteiger partial charge is 0.467 e. The van der Waals surface area contributed by atoms with E-state index in [1.807, 2.05) is 19.1 Å². The number of thiazole rings is 1. The van der Waals surface area contributed by atoms with Crippen LogP contribution in [0.15, 0.2) is 59.2 Å². The number of hydrogen-bond acceptors (Lipinski definition) is 4. The normalized spacial score (nSPS) is 11.1. The molecular weight excluding hydrogens is 387 g/mol. The fraction of sp³-hybridized carbons (Fsp3) is 0.100. The van der Waals surface area contributed by atoms with Crippen LogP contribution in [-0.4, -0.2) is 10.9 Å². The van der Waals surface area contributed by atoms with E-state index in [2.05, 4.69) is 4.98 Å². The van der Waals surface area contributed by atoms with Gasteiger partial charge in [0.15, 0.2) is 5.13 Å². The maximum atomic E-state index is 13.2. The van der Waals surface area contributed by atoms with E-state index in [1.165, 1.54) is 40.5 Å². The molecular formula is C20H14ClFN2O2S. The molecule has 0 fully saturated rings. The molecule has 4 nitrogen and oxygen atoms in total. The lowest BCUT2D eigenvalue weighted by atomic mass is 10.2. The highest BCUT2D eigenvalue weighted by Gasteiger charge is 2.23. The van der Waals surface area contributed by atoms with E-state index >= 15 is 0 Å². The van der Waals surface area contributed by atoms with Crippen LogP contribution in [0.25, 0.3) is 10.2 Å². The molecule has 2 heterocycles. The van der Waals surface area contributed by atoms with Gasteiger partial charge in [-0.3, -0.25) is 9.69 Å². The molecule has 1 amide bonds. The van der Waals surface area contributed by atoms with Crippen molar-refractivity contribution in [2.24, 2.45) is 0 Å². The van der Waals surface area contributed by atoms with E-state index in [0.29, 0.717) is 21.5 Å². The molecule has 2 aromatic heterocycles. The van der Waals surface area contributed by atoms with E-state index in [9.17, 15) is 9.18 Å². The Kier molecular flexibility index (Phi) is 4.68. The molecule has 0 bridgehead atoms. The van der Waals surface area contributed by atoms with Gasteiger partial charge >= 0.3 is 0 Å². The van der Waals surface area contributed by atoms with Gasteiger partial charge in [0.25, 0.3) is 5.91 Å². The highest BCUT2D eigenvalue weighted by molar-refractivity contribution is 7.22. The first kappa shape index (κ1) is 17.7. The Morgan fingerprint density at radius 1 is 1.26 bits per heavy atom. The lowest BCUT2D eigenvalue weighted by Crippen LogP contribution is -2.30. The Bertz CT molecular complexity index is 1110. The summed E-state index contributed by atoms with van der Waals surface area (Å²) in [4.78, 5) is 19.3. The Hall–Kier alpha value is -2.70. The Morgan fingerprint density at radius 3 is 2.74 bits per heavy atom. The summed E-state index contributed by atoms with van der Waals surface area (Å²) in [5.41, 5.74) is 2.11. The number of fused-ring (bicyclic) bond motifs is 1. The number of nitrogens with zero attached hydrogens (tertiary/aromatic N) is 2. The zero-order valence-corrected chi connectivity index (χ0v) is 15.9. The molecule has 0 saturated heterocycles. The maximum absolute atomic E-state index is 13.2. The lowest BCUT2D eigenvalue weighted by Gasteiger charge is -2.18. The number of halogens is 2. The molecule has 0 radical (unpaired) electrons. The second kappa shape index (κ2) is 7.13. The number of carbonyl (C=O) groups excluding carboxylic acids is 1. The molecule has 0 unspecified atom stereocenters. The first-order valence-corrected chi connectivity index (χ1v) is 9.37. The molecule has 0 aliphatic rings. The van der Waals surface area contributed by atoms with Crippen LogP contribution in [0.2, 0.25) is 5.02 Å². The van der Waals surface area contributed by atoms with Crippen molar-refractivity contribution in [3.8, 4) is 0 Å². The van der Waals surface area contributed by atoms with Crippen LogP contribution in [0.1, 0.15) is 21.7 Å². The summed E-state index contributed by atoms with van der Waals surface area (Å²) in [7, 11) is 0. The number of benzene rings is 2. The predicted octanol–water partition coefficient (Wildman–Crippen LogP) is 5.84. The van der Waals surface area contributed by atoms with Crippen molar-refractivity contribution < 1.29 is 13.6 Å². The third-order valence-electron chi connectivity index (χ3n) is 4.10. The summed E-state index contributed by atoms with van der Waals surface area (Å²) < 4.78 is 19.5. The fourth-order valence-electron chi connectivity index (χ4n) is 2.79. The van der Waals surface area contributed by atoms with Gasteiger partial charge in [-0.2, -0.15) is 0 Å². The van der Waals surface area contributed by atoms with Crippen molar-refractivity contribution >= 4 is 44.2 Å². The zero-order chi connectivity index (χ0) is 19.0. The Balaban J connectivity index is 1.79. The highest BCUT2D eigenvalue weighted by Crippen LogP contribution is 2.34. The van der Waals surface area contributed by atoms with Gasteiger partial charge in [-0.15, -0.1) is 0 Å². The van der Waals surface area contributed by atoms with Gasteiger partial charge in [-0.1, -0.05) is 22.9 Å². The van der Waals surface area contributed by atoms with Crippen LogP contribution >= 0.6 is 22.9 Å². The minimum atomic E-state index is -0.394. The molecule has 2 aromatic carbocycles. The van der Waals surface area contributed by atoms with Gasteiger partial charge in [-0.05, 0) is 61.0 Å². The summed E-state index contributed by atoms with van der Waals surface area (Å²) in [6.45, 7) is 2.15. The number of aryl methyl sites for hydroxylation is 1. The number of aromatic nitrogens is 1. The minimum Gasteiger partial charge on any atom is -0.467 e. The SMILES string of the molecule is Cc1cc(Cl)cc2sc(N(Cc3ccco3)C(=O)c3ccc(F)cc3)nc12. The molecule has 0 N–H and O–H groups in total. The molecule has 136 valence electrons. The Labute approximate surface area is 163 Å². The number of hydrogen-bond donors (Lipinski definition) is 0. The fourth-order valence-corrected chi connectivity index (χ4v) is 4.21. The standard InChI is InChI=1S/C20H14ClFN2O2S/c1-12-9-14(21)10-17-18(12)23-20(27-17)24(11-16-3-2-8-26-16)19(25)13-4-6-15(22)7-5-13/h2-10H,11H2,1H3. The van der Waals surface area contributed by atoms with Crippen LogP contribution < -0.4 is 4.90 Å². The maximum Gasteiger partial charge on any atom is 0.260 e. The monoisotopic (exact) mass is 400 g/mol. The highest BCUT2D eigenvalue weighted by atomic mass is 35.5.